The molecule has 0 amide bonds. The van der Waals surface area contributed by atoms with Gasteiger partial charge < -0.3 is 4.52 Å². The van der Waals surface area contributed by atoms with Crippen molar-refractivity contribution in [1.82, 2.24) is 9.97 Å². The van der Waals surface area contributed by atoms with Gasteiger partial charge in [0.25, 0.3) is 0 Å². The summed E-state index contributed by atoms with van der Waals surface area (Å²) >= 11 is 0. The van der Waals surface area contributed by atoms with E-state index in [9.17, 15) is 0 Å². The molecule has 1 unspecified atom stereocenters. The van der Waals surface area contributed by atoms with E-state index in [1.165, 1.54) is 0 Å². The largest absolute Gasteiger partial charge is 0.462 e. The third kappa shape index (κ3) is 2.63. The van der Waals surface area contributed by atoms with Crippen molar-refractivity contribution in [2.24, 2.45) is 0 Å². The molecule has 80 valence electrons. The minimum atomic E-state index is 0.559. The summed E-state index contributed by atoms with van der Waals surface area (Å²) in [6.07, 6.45) is 0. The Bertz CT molecular complexity index is 446. The van der Waals surface area contributed by atoms with Crippen LogP contribution in [0.1, 0.15) is 19.5 Å². The Labute approximate surface area is 92.2 Å². The predicted molar refractivity (Wildman–Crippen MR) is 66.0 cm³/mol. The molecule has 3 nitrogen and oxygen atoms in total. The topological polar surface area (TPSA) is 35.0 Å². The van der Waals surface area contributed by atoms with Gasteiger partial charge in [0, 0.05) is 0 Å². The van der Waals surface area contributed by atoms with E-state index in [2.05, 4.69) is 19.4 Å². The van der Waals surface area contributed by atoms with Gasteiger partial charge in [0.15, 0.2) is 0 Å². The van der Waals surface area contributed by atoms with Crippen LogP contribution in [0.25, 0.3) is 11.0 Å². The summed E-state index contributed by atoms with van der Waals surface area (Å²) in [5.41, 5.74) is 2.55. The molecule has 0 saturated carbocycles. The Kier molecular flexibility index (Phi) is 4.44. The highest BCUT2D eigenvalue weighted by molar-refractivity contribution is 7.10. The van der Waals surface area contributed by atoms with E-state index in [1.54, 1.807) is 0 Å². The number of nitrogens with zero attached hydrogens (tertiary/aromatic N) is 2. The van der Waals surface area contributed by atoms with Gasteiger partial charge in [-0.2, -0.15) is 0 Å². The number of hydrogen-bond donors (Lipinski definition) is 0. The van der Waals surface area contributed by atoms with Crippen molar-refractivity contribution in [3.8, 4) is 5.88 Å². The van der Waals surface area contributed by atoms with Crippen LogP contribution in [-0.2, 0) is 0 Å². The molecule has 0 spiro atoms. The lowest BCUT2D eigenvalue weighted by molar-refractivity contribution is 0.607. The van der Waals surface area contributed by atoms with Crippen molar-refractivity contribution in [2.45, 2.75) is 20.8 Å². The molecule has 4 heteroatoms. The van der Waals surface area contributed by atoms with Gasteiger partial charge in [0.1, 0.15) is 5.69 Å². The fraction of sp³-hybridized carbons (Fsp3) is 0.273. The maximum Gasteiger partial charge on any atom is 0.238 e. The Hall–Kier alpha value is -1.21. The molecule has 0 aliphatic rings. The molecule has 0 aliphatic heterocycles. The van der Waals surface area contributed by atoms with Gasteiger partial charge >= 0.3 is 0 Å². The molecule has 0 aliphatic carbocycles. The van der Waals surface area contributed by atoms with E-state index < -0.39 is 0 Å². The molecule has 1 heterocycles. The first-order valence-electron chi connectivity index (χ1n) is 4.91. The number of aryl methyl sites for hydroxylation is 1. The van der Waals surface area contributed by atoms with Crippen LogP contribution >= 0.6 is 9.47 Å². The second kappa shape index (κ2) is 5.62. The van der Waals surface area contributed by atoms with Gasteiger partial charge in [0.05, 0.1) is 20.5 Å². The number of aromatic nitrogens is 2. The van der Waals surface area contributed by atoms with Gasteiger partial charge in [-0.25, -0.2) is 9.97 Å². The monoisotopic (exact) mass is 222 g/mol. The van der Waals surface area contributed by atoms with Gasteiger partial charge in [0.2, 0.25) is 5.88 Å². The highest BCUT2D eigenvalue weighted by Gasteiger charge is 2.03. The number of para-hydroxylation sites is 2. The van der Waals surface area contributed by atoms with Crippen molar-refractivity contribution < 1.29 is 4.52 Å². The molecule has 0 fully saturated rings. The third-order valence-corrected chi connectivity index (χ3v) is 2.04. The average Bonchev–Trinajstić information content (AvgIpc) is 2.31. The van der Waals surface area contributed by atoms with Crippen LogP contribution in [0.15, 0.2) is 24.3 Å². The second-order valence-corrected chi connectivity index (χ2v) is 2.96. The normalized spacial score (nSPS) is 9.33. The fourth-order valence-corrected chi connectivity index (χ4v) is 1.41. The molecule has 0 radical (unpaired) electrons. The first kappa shape index (κ1) is 11.9. The van der Waals surface area contributed by atoms with Crippen LogP contribution in [0.2, 0.25) is 0 Å². The van der Waals surface area contributed by atoms with Crippen molar-refractivity contribution in [2.75, 3.05) is 0 Å². The molecule has 0 bridgehead atoms. The molecule has 1 aromatic carbocycles. The van der Waals surface area contributed by atoms with Gasteiger partial charge in [-0.05, 0) is 19.1 Å². The molecular weight excluding hydrogens is 207 g/mol. The molecule has 1 atom stereocenters. The van der Waals surface area contributed by atoms with Crippen LogP contribution in [0.5, 0.6) is 5.88 Å². The van der Waals surface area contributed by atoms with Crippen LogP contribution in [-0.4, -0.2) is 9.97 Å². The minimum absolute atomic E-state index is 0.559. The van der Waals surface area contributed by atoms with E-state index in [1.807, 2.05) is 45.0 Å². The zero-order chi connectivity index (χ0) is 11.3. The quantitative estimate of drug-likeness (QED) is 0.695. The second-order valence-electron chi connectivity index (χ2n) is 2.72. The maximum atomic E-state index is 5.00. The Morgan fingerprint density at radius 2 is 1.60 bits per heavy atom. The number of rotatable bonds is 1. The van der Waals surface area contributed by atoms with Gasteiger partial charge in [-0.3, -0.25) is 0 Å². The molecule has 0 N–H and O–H groups in total. The lowest BCUT2D eigenvalue weighted by atomic mass is 10.3. The number of fused-ring (bicyclic) bond motifs is 1. The summed E-state index contributed by atoms with van der Waals surface area (Å²) in [5, 5.41) is 0. The number of hydrogen-bond acceptors (Lipinski definition) is 3. The van der Waals surface area contributed by atoms with Crippen LogP contribution in [0, 0.1) is 6.92 Å². The third-order valence-electron chi connectivity index (χ3n) is 1.81. The SMILES string of the molecule is CC.Cc1nc2ccccc2nc1OP. The average molecular weight is 222 g/mol. The Morgan fingerprint density at radius 3 is 2.13 bits per heavy atom. The number of benzene rings is 1. The van der Waals surface area contributed by atoms with E-state index in [0.29, 0.717) is 5.88 Å². The summed E-state index contributed by atoms with van der Waals surface area (Å²) in [6, 6.07) is 7.72. The van der Waals surface area contributed by atoms with Crippen molar-refractivity contribution in [1.29, 1.82) is 0 Å². The first-order valence-corrected chi connectivity index (χ1v) is 5.38. The predicted octanol–water partition coefficient (Wildman–Crippen LogP) is 3.13. The summed E-state index contributed by atoms with van der Waals surface area (Å²) < 4.78 is 5.00. The van der Waals surface area contributed by atoms with E-state index in [0.717, 1.165) is 16.7 Å². The zero-order valence-electron chi connectivity index (χ0n) is 9.19. The van der Waals surface area contributed by atoms with Gasteiger partial charge in [-0.15, -0.1) is 0 Å². The van der Waals surface area contributed by atoms with Crippen LogP contribution < -0.4 is 4.52 Å². The van der Waals surface area contributed by atoms with Crippen molar-refractivity contribution in [3.63, 3.8) is 0 Å². The molecule has 0 saturated heterocycles. The lowest BCUT2D eigenvalue weighted by Gasteiger charge is -2.03. The minimum Gasteiger partial charge on any atom is -0.462 e. The highest BCUT2D eigenvalue weighted by Crippen LogP contribution is 2.18. The highest BCUT2D eigenvalue weighted by atomic mass is 31.0. The Balaban J connectivity index is 0.000000531. The van der Waals surface area contributed by atoms with E-state index >= 15 is 0 Å². The summed E-state index contributed by atoms with van der Waals surface area (Å²) in [5.74, 6) is 0.559. The van der Waals surface area contributed by atoms with Gasteiger partial charge in [-0.1, -0.05) is 26.0 Å². The summed E-state index contributed by atoms with van der Waals surface area (Å²) in [7, 11) is 2.18. The van der Waals surface area contributed by atoms with Crippen molar-refractivity contribution >= 4 is 20.5 Å². The van der Waals surface area contributed by atoms with Crippen LogP contribution in [0.4, 0.5) is 0 Å². The summed E-state index contributed by atoms with van der Waals surface area (Å²) in [6.45, 7) is 5.87. The lowest BCUT2D eigenvalue weighted by Crippen LogP contribution is -1.91. The summed E-state index contributed by atoms with van der Waals surface area (Å²) in [4.78, 5) is 8.63. The first-order chi connectivity index (χ1) is 7.31. The van der Waals surface area contributed by atoms with Crippen LogP contribution in [0.3, 0.4) is 0 Å². The zero-order valence-corrected chi connectivity index (χ0v) is 10.3. The molecule has 2 rings (SSSR count). The molecule has 2 aromatic rings. The van der Waals surface area contributed by atoms with Crippen molar-refractivity contribution in [3.05, 3.63) is 30.0 Å². The molecule has 15 heavy (non-hydrogen) atoms. The van der Waals surface area contributed by atoms with E-state index in [4.69, 9.17) is 4.52 Å². The molecular formula is C11H15N2OP. The maximum absolute atomic E-state index is 5.00. The Morgan fingerprint density at radius 1 is 1.07 bits per heavy atom. The van der Waals surface area contributed by atoms with E-state index in [-0.39, 0.29) is 0 Å². The molecule has 1 aromatic heterocycles. The fourth-order valence-electron chi connectivity index (χ4n) is 1.18. The smallest absolute Gasteiger partial charge is 0.238 e. The standard InChI is InChI=1S/C9H9N2OP.C2H6/c1-6-9(12-13)11-8-5-3-2-4-7(8)10-6;1-2/h2-5H,13H2,1H3;1-2H3.